The third kappa shape index (κ3) is 3.52. The first-order valence-corrected chi connectivity index (χ1v) is 7.58. The lowest BCUT2D eigenvalue weighted by atomic mass is 10.1. The SMILES string of the molecule is CN(C[C@@H](O)Cn1cc([N+](=O)[O-])cn1)c1ccc2ccccc2c1. The summed E-state index contributed by atoms with van der Waals surface area (Å²) in [5, 5.41) is 27.1. The lowest BCUT2D eigenvalue weighted by Crippen LogP contribution is -2.32. The topological polar surface area (TPSA) is 84.4 Å². The summed E-state index contributed by atoms with van der Waals surface area (Å²) < 4.78 is 1.39. The van der Waals surface area contributed by atoms with Crippen molar-refractivity contribution in [2.24, 2.45) is 0 Å². The average Bonchev–Trinajstić information content (AvgIpc) is 3.03. The molecule has 0 aliphatic heterocycles. The Morgan fingerprint density at radius 3 is 2.75 bits per heavy atom. The van der Waals surface area contributed by atoms with Crippen molar-refractivity contribution < 1.29 is 10.0 Å². The van der Waals surface area contributed by atoms with Gasteiger partial charge in [-0.25, -0.2) is 0 Å². The van der Waals surface area contributed by atoms with Gasteiger partial charge < -0.3 is 10.0 Å². The van der Waals surface area contributed by atoms with E-state index >= 15 is 0 Å². The highest BCUT2D eigenvalue weighted by molar-refractivity contribution is 5.85. The predicted molar refractivity (Wildman–Crippen MR) is 92.1 cm³/mol. The highest BCUT2D eigenvalue weighted by Crippen LogP contribution is 2.21. The highest BCUT2D eigenvalue weighted by atomic mass is 16.6. The standard InChI is InChI=1S/C17H18N4O3/c1-19(15-7-6-13-4-2-3-5-14(13)8-15)11-17(22)12-20-10-16(9-18-20)21(23)24/h2-10,17,22H,11-12H2,1H3/t17-/m1/s1. The zero-order chi connectivity index (χ0) is 17.1. The number of aliphatic hydroxyl groups excluding tert-OH is 1. The normalized spacial score (nSPS) is 12.2. The number of hydrogen-bond acceptors (Lipinski definition) is 5. The molecule has 7 nitrogen and oxygen atoms in total. The summed E-state index contributed by atoms with van der Waals surface area (Å²) in [6, 6.07) is 14.2. The van der Waals surface area contributed by atoms with Crippen molar-refractivity contribution in [1.82, 2.24) is 9.78 Å². The molecule has 0 spiro atoms. The first-order chi connectivity index (χ1) is 11.5. The van der Waals surface area contributed by atoms with Crippen LogP contribution in [0.3, 0.4) is 0 Å². The van der Waals surface area contributed by atoms with E-state index in [1.54, 1.807) is 0 Å². The maximum atomic E-state index is 10.7. The van der Waals surface area contributed by atoms with Gasteiger partial charge in [0.2, 0.25) is 0 Å². The molecule has 1 atom stereocenters. The van der Waals surface area contributed by atoms with E-state index in [1.807, 2.05) is 42.3 Å². The molecule has 124 valence electrons. The molecule has 3 aromatic rings. The molecule has 0 saturated carbocycles. The fourth-order valence-corrected chi connectivity index (χ4v) is 2.66. The quantitative estimate of drug-likeness (QED) is 0.555. The third-order valence-corrected chi connectivity index (χ3v) is 3.89. The van der Waals surface area contributed by atoms with E-state index in [0.29, 0.717) is 6.54 Å². The Bertz CT molecular complexity index is 862. The molecule has 0 aliphatic carbocycles. The molecular formula is C17H18N4O3. The van der Waals surface area contributed by atoms with Crippen LogP contribution in [0.1, 0.15) is 0 Å². The van der Waals surface area contributed by atoms with Gasteiger partial charge in [-0.15, -0.1) is 0 Å². The molecule has 7 heteroatoms. The molecule has 0 unspecified atom stereocenters. The van der Waals surface area contributed by atoms with Gasteiger partial charge >= 0.3 is 5.69 Å². The zero-order valence-corrected chi connectivity index (χ0v) is 13.2. The molecule has 2 aromatic carbocycles. The maximum Gasteiger partial charge on any atom is 0.306 e. The van der Waals surface area contributed by atoms with Crippen LogP contribution in [0, 0.1) is 10.1 Å². The van der Waals surface area contributed by atoms with Crippen molar-refractivity contribution in [2.45, 2.75) is 12.6 Å². The van der Waals surface area contributed by atoms with Crippen molar-refractivity contribution >= 4 is 22.1 Å². The Morgan fingerprint density at radius 2 is 2.04 bits per heavy atom. The summed E-state index contributed by atoms with van der Waals surface area (Å²) >= 11 is 0. The van der Waals surface area contributed by atoms with Crippen molar-refractivity contribution in [3.63, 3.8) is 0 Å². The molecule has 24 heavy (non-hydrogen) atoms. The molecule has 0 saturated heterocycles. The van der Waals surface area contributed by atoms with Crippen molar-refractivity contribution in [1.29, 1.82) is 0 Å². The second-order valence-electron chi connectivity index (χ2n) is 5.74. The van der Waals surface area contributed by atoms with Crippen LogP contribution in [0.2, 0.25) is 0 Å². The summed E-state index contributed by atoms with van der Waals surface area (Å²) in [6.45, 7) is 0.595. The average molecular weight is 326 g/mol. The number of nitro groups is 1. The van der Waals surface area contributed by atoms with Crippen LogP contribution in [0.15, 0.2) is 54.9 Å². The van der Waals surface area contributed by atoms with Crippen molar-refractivity contribution in [3.8, 4) is 0 Å². The Labute approximate surface area is 138 Å². The number of fused-ring (bicyclic) bond motifs is 1. The zero-order valence-electron chi connectivity index (χ0n) is 13.2. The van der Waals surface area contributed by atoms with E-state index in [0.717, 1.165) is 11.1 Å². The second kappa shape index (κ2) is 6.67. The first kappa shape index (κ1) is 15.9. The lowest BCUT2D eigenvalue weighted by molar-refractivity contribution is -0.385. The Balaban J connectivity index is 1.65. The minimum Gasteiger partial charge on any atom is -0.389 e. The predicted octanol–water partition coefficient (Wildman–Crippen LogP) is 2.44. The molecule has 0 bridgehead atoms. The Morgan fingerprint density at radius 1 is 1.29 bits per heavy atom. The molecule has 0 aliphatic rings. The number of anilines is 1. The van der Waals surface area contributed by atoms with Gasteiger partial charge in [0.1, 0.15) is 12.4 Å². The fourth-order valence-electron chi connectivity index (χ4n) is 2.66. The monoisotopic (exact) mass is 326 g/mol. The number of aliphatic hydroxyl groups is 1. The van der Waals surface area contributed by atoms with E-state index in [9.17, 15) is 15.2 Å². The first-order valence-electron chi connectivity index (χ1n) is 7.58. The number of rotatable bonds is 6. The van der Waals surface area contributed by atoms with Crippen LogP contribution >= 0.6 is 0 Å². The van der Waals surface area contributed by atoms with Crippen molar-refractivity contribution in [3.05, 3.63) is 65.0 Å². The van der Waals surface area contributed by atoms with E-state index in [-0.39, 0.29) is 12.2 Å². The van der Waals surface area contributed by atoms with E-state index in [4.69, 9.17) is 0 Å². The number of likely N-dealkylation sites (N-methyl/N-ethyl adjacent to an activating group) is 1. The summed E-state index contributed by atoms with van der Waals surface area (Å²) in [5.74, 6) is 0. The summed E-state index contributed by atoms with van der Waals surface area (Å²) in [5.41, 5.74) is 0.921. The molecule has 0 fully saturated rings. The Hall–Kier alpha value is -2.93. The van der Waals surface area contributed by atoms with Gasteiger partial charge in [0.15, 0.2) is 0 Å². The second-order valence-corrected chi connectivity index (χ2v) is 5.74. The summed E-state index contributed by atoms with van der Waals surface area (Å²) in [6.07, 6.45) is 1.81. The van der Waals surface area contributed by atoms with Gasteiger partial charge in [-0.3, -0.25) is 14.8 Å². The number of hydrogen-bond donors (Lipinski definition) is 1. The number of nitrogens with zero attached hydrogens (tertiary/aromatic N) is 4. The van der Waals surface area contributed by atoms with Crippen molar-refractivity contribution in [2.75, 3.05) is 18.5 Å². The van der Waals surface area contributed by atoms with Gasteiger partial charge in [-0.1, -0.05) is 30.3 Å². The van der Waals surface area contributed by atoms with E-state index < -0.39 is 11.0 Å². The van der Waals surface area contributed by atoms with Gasteiger partial charge in [-0.05, 0) is 22.9 Å². The molecule has 0 radical (unpaired) electrons. The van der Waals surface area contributed by atoms with Gasteiger partial charge in [0.05, 0.1) is 17.6 Å². The molecular weight excluding hydrogens is 308 g/mol. The largest absolute Gasteiger partial charge is 0.389 e. The lowest BCUT2D eigenvalue weighted by Gasteiger charge is -2.23. The van der Waals surface area contributed by atoms with Crippen LogP contribution in [0.4, 0.5) is 11.4 Å². The maximum absolute atomic E-state index is 10.7. The van der Waals surface area contributed by atoms with Crippen LogP contribution in [-0.4, -0.2) is 39.5 Å². The van der Waals surface area contributed by atoms with E-state index in [1.165, 1.54) is 22.5 Å². The highest BCUT2D eigenvalue weighted by Gasteiger charge is 2.14. The molecule has 3 rings (SSSR count). The van der Waals surface area contributed by atoms with E-state index in [2.05, 4.69) is 17.2 Å². The van der Waals surface area contributed by atoms with Gasteiger partial charge in [0, 0.05) is 19.3 Å². The fraction of sp³-hybridized carbons (Fsp3) is 0.235. The minimum atomic E-state index is -0.694. The number of aromatic nitrogens is 2. The van der Waals surface area contributed by atoms with Crippen LogP contribution in [0.5, 0.6) is 0 Å². The smallest absolute Gasteiger partial charge is 0.306 e. The Kier molecular flexibility index (Phi) is 4.43. The third-order valence-electron chi connectivity index (χ3n) is 3.89. The summed E-state index contributed by atoms with van der Waals surface area (Å²) in [4.78, 5) is 12.1. The minimum absolute atomic E-state index is 0.0786. The van der Waals surface area contributed by atoms with Crippen LogP contribution in [-0.2, 0) is 6.54 Å². The molecule has 1 heterocycles. The summed E-state index contributed by atoms with van der Waals surface area (Å²) in [7, 11) is 1.90. The van der Waals surface area contributed by atoms with Gasteiger partial charge in [-0.2, -0.15) is 5.10 Å². The molecule has 1 aromatic heterocycles. The molecule has 0 amide bonds. The molecule has 1 N–H and O–H groups in total. The van der Waals surface area contributed by atoms with Crippen LogP contribution < -0.4 is 4.90 Å². The van der Waals surface area contributed by atoms with Crippen LogP contribution in [0.25, 0.3) is 10.8 Å². The number of benzene rings is 2. The van der Waals surface area contributed by atoms with Gasteiger partial charge in [0.25, 0.3) is 0 Å².